The average molecular weight is 388 g/mol. The molecule has 0 amide bonds. The first-order valence-corrected chi connectivity index (χ1v) is 7.99. The number of nitrogens with zero attached hydrogens (tertiary/aromatic N) is 5. The van der Waals surface area contributed by atoms with Crippen LogP contribution in [0.3, 0.4) is 0 Å². The average Bonchev–Trinajstić information content (AvgIpc) is 2.96. The quantitative estimate of drug-likeness (QED) is 0.870. The fourth-order valence-electron chi connectivity index (χ4n) is 2.75. The van der Waals surface area contributed by atoms with Crippen molar-refractivity contribution < 1.29 is 0 Å². The number of likely N-dealkylation sites (tertiary alicyclic amines) is 1. The van der Waals surface area contributed by atoms with Gasteiger partial charge in [-0.25, -0.2) is 0 Å². The van der Waals surface area contributed by atoms with Crippen LogP contribution in [0.4, 0.5) is 0 Å². The SMILES string of the molecule is CNC1CCCN(Cc2nnnn2-c2ccccc2Br)C1.Cl. The van der Waals surface area contributed by atoms with E-state index in [9.17, 15) is 0 Å². The number of hydrogen-bond donors (Lipinski definition) is 1. The first-order valence-electron chi connectivity index (χ1n) is 7.19. The second-order valence-electron chi connectivity index (χ2n) is 5.32. The Balaban J connectivity index is 0.00000176. The number of piperidine rings is 1. The van der Waals surface area contributed by atoms with E-state index in [1.54, 1.807) is 0 Å². The summed E-state index contributed by atoms with van der Waals surface area (Å²) in [4.78, 5) is 2.41. The van der Waals surface area contributed by atoms with Crippen LogP contribution in [-0.4, -0.2) is 51.3 Å². The van der Waals surface area contributed by atoms with Crippen molar-refractivity contribution in [2.75, 3.05) is 20.1 Å². The summed E-state index contributed by atoms with van der Waals surface area (Å²) in [6.45, 7) is 2.91. The summed E-state index contributed by atoms with van der Waals surface area (Å²) in [5.74, 6) is 0.874. The number of para-hydroxylation sites is 1. The van der Waals surface area contributed by atoms with Crippen LogP contribution in [0.2, 0.25) is 0 Å². The number of nitrogens with one attached hydrogen (secondary N) is 1. The first-order chi connectivity index (χ1) is 10.3. The molecule has 1 unspecified atom stereocenters. The van der Waals surface area contributed by atoms with Gasteiger partial charge in [-0.2, -0.15) is 4.68 Å². The largest absolute Gasteiger partial charge is 0.316 e. The summed E-state index contributed by atoms with van der Waals surface area (Å²) < 4.78 is 2.80. The molecule has 0 spiro atoms. The van der Waals surface area contributed by atoms with Gasteiger partial charge >= 0.3 is 0 Å². The van der Waals surface area contributed by atoms with E-state index in [0.29, 0.717) is 6.04 Å². The third-order valence-electron chi connectivity index (χ3n) is 3.89. The zero-order valence-electron chi connectivity index (χ0n) is 12.4. The van der Waals surface area contributed by atoms with Gasteiger partial charge in [0.1, 0.15) is 0 Å². The van der Waals surface area contributed by atoms with E-state index in [-0.39, 0.29) is 12.4 Å². The third kappa shape index (κ3) is 3.84. The normalized spacial score (nSPS) is 18.9. The monoisotopic (exact) mass is 386 g/mol. The van der Waals surface area contributed by atoms with Gasteiger partial charge < -0.3 is 5.32 Å². The molecule has 1 aromatic carbocycles. The highest BCUT2D eigenvalue weighted by molar-refractivity contribution is 9.10. The van der Waals surface area contributed by atoms with Crippen LogP contribution in [0.15, 0.2) is 28.7 Å². The Bertz CT molecular complexity index is 605. The summed E-state index contributed by atoms with van der Waals surface area (Å²) in [6, 6.07) is 8.55. The van der Waals surface area contributed by atoms with Gasteiger partial charge in [0.2, 0.25) is 0 Å². The topological polar surface area (TPSA) is 58.9 Å². The lowest BCUT2D eigenvalue weighted by atomic mass is 10.1. The summed E-state index contributed by atoms with van der Waals surface area (Å²) in [7, 11) is 2.03. The lowest BCUT2D eigenvalue weighted by molar-refractivity contribution is 0.183. The van der Waals surface area contributed by atoms with Gasteiger partial charge in [0, 0.05) is 17.1 Å². The van der Waals surface area contributed by atoms with Gasteiger partial charge in [0.15, 0.2) is 5.82 Å². The number of benzene rings is 1. The van der Waals surface area contributed by atoms with Gasteiger partial charge in [-0.15, -0.1) is 17.5 Å². The van der Waals surface area contributed by atoms with Gasteiger partial charge in [-0.1, -0.05) is 12.1 Å². The van der Waals surface area contributed by atoms with Crippen molar-refractivity contribution in [3.8, 4) is 5.69 Å². The predicted octanol–water partition coefficient (Wildman–Crippen LogP) is 2.03. The van der Waals surface area contributed by atoms with E-state index in [4.69, 9.17) is 0 Å². The van der Waals surface area contributed by atoms with Crippen molar-refractivity contribution in [2.24, 2.45) is 0 Å². The fraction of sp³-hybridized carbons (Fsp3) is 0.500. The molecule has 22 heavy (non-hydrogen) atoms. The summed E-state index contributed by atoms with van der Waals surface area (Å²) in [6.07, 6.45) is 2.45. The van der Waals surface area contributed by atoms with E-state index < -0.39 is 0 Å². The molecular formula is C14H20BrClN6. The molecule has 0 saturated carbocycles. The lowest BCUT2D eigenvalue weighted by Crippen LogP contribution is -2.44. The number of likely N-dealkylation sites (N-methyl/N-ethyl adjacent to an activating group) is 1. The molecule has 1 fully saturated rings. The Hall–Kier alpha value is -1.02. The highest BCUT2D eigenvalue weighted by Gasteiger charge is 2.21. The van der Waals surface area contributed by atoms with Crippen LogP contribution < -0.4 is 5.32 Å². The Morgan fingerprint density at radius 1 is 1.36 bits per heavy atom. The second-order valence-corrected chi connectivity index (χ2v) is 6.18. The van der Waals surface area contributed by atoms with E-state index in [0.717, 1.165) is 35.6 Å². The Morgan fingerprint density at radius 2 is 2.18 bits per heavy atom. The van der Waals surface area contributed by atoms with Crippen LogP contribution in [0.1, 0.15) is 18.7 Å². The minimum atomic E-state index is 0. The maximum absolute atomic E-state index is 4.20. The molecule has 3 rings (SSSR count). The number of rotatable bonds is 4. The molecule has 1 saturated heterocycles. The number of halogens is 2. The molecular weight excluding hydrogens is 368 g/mol. The van der Waals surface area contributed by atoms with E-state index in [2.05, 4.69) is 41.7 Å². The molecule has 1 aliphatic heterocycles. The Kier molecular flexibility index (Phi) is 6.31. The smallest absolute Gasteiger partial charge is 0.170 e. The Labute approximate surface area is 144 Å². The summed E-state index contributed by atoms with van der Waals surface area (Å²) >= 11 is 3.56. The zero-order chi connectivity index (χ0) is 14.7. The molecule has 2 aromatic rings. The maximum atomic E-state index is 4.20. The van der Waals surface area contributed by atoms with Crippen molar-refractivity contribution in [1.29, 1.82) is 0 Å². The standard InChI is InChI=1S/C14H19BrN6.ClH/c1-16-11-5-4-8-20(9-11)10-14-17-18-19-21(14)13-7-3-2-6-12(13)15;/h2-3,6-7,11,16H,4-5,8-10H2,1H3;1H. The number of hydrogen-bond acceptors (Lipinski definition) is 5. The number of aromatic nitrogens is 4. The highest BCUT2D eigenvalue weighted by Crippen LogP contribution is 2.21. The molecule has 8 heteroatoms. The molecule has 120 valence electrons. The van der Waals surface area contributed by atoms with Crippen molar-refractivity contribution in [3.63, 3.8) is 0 Å². The summed E-state index contributed by atoms with van der Waals surface area (Å²) in [5, 5.41) is 15.5. The van der Waals surface area contributed by atoms with Gasteiger partial charge in [-0.05, 0) is 64.9 Å². The Morgan fingerprint density at radius 3 is 2.95 bits per heavy atom. The molecule has 1 atom stereocenters. The minimum Gasteiger partial charge on any atom is -0.316 e. The van der Waals surface area contributed by atoms with Crippen LogP contribution >= 0.6 is 28.3 Å². The van der Waals surface area contributed by atoms with Crippen LogP contribution in [0, 0.1) is 0 Å². The molecule has 0 bridgehead atoms. The molecule has 0 radical (unpaired) electrons. The second kappa shape index (κ2) is 8.01. The molecule has 1 aliphatic rings. The van der Waals surface area contributed by atoms with Gasteiger partial charge in [0.25, 0.3) is 0 Å². The zero-order valence-corrected chi connectivity index (χ0v) is 14.8. The summed E-state index contributed by atoms with van der Waals surface area (Å²) in [5.41, 5.74) is 0.972. The van der Waals surface area contributed by atoms with Crippen LogP contribution in [-0.2, 0) is 6.54 Å². The lowest BCUT2D eigenvalue weighted by Gasteiger charge is -2.31. The molecule has 6 nitrogen and oxygen atoms in total. The third-order valence-corrected chi connectivity index (χ3v) is 4.56. The van der Waals surface area contributed by atoms with Crippen molar-refractivity contribution in [2.45, 2.75) is 25.4 Å². The number of tetrazole rings is 1. The fourth-order valence-corrected chi connectivity index (χ4v) is 3.20. The first kappa shape index (κ1) is 17.3. The van der Waals surface area contributed by atoms with Gasteiger partial charge in [0.05, 0.1) is 12.2 Å². The van der Waals surface area contributed by atoms with Crippen molar-refractivity contribution in [3.05, 3.63) is 34.6 Å². The van der Waals surface area contributed by atoms with Crippen molar-refractivity contribution >= 4 is 28.3 Å². The van der Waals surface area contributed by atoms with E-state index in [1.165, 1.54) is 12.8 Å². The van der Waals surface area contributed by atoms with Crippen LogP contribution in [0.5, 0.6) is 0 Å². The van der Waals surface area contributed by atoms with E-state index >= 15 is 0 Å². The van der Waals surface area contributed by atoms with Gasteiger partial charge in [-0.3, -0.25) is 4.90 Å². The minimum absolute atomic E-state index is 0. The predicted molar refractivity (Wildman–Crippen MR) is 91.5 cm³/mol. The van der Waals surface area contributed by atoms with Crippen molar-refractivity contribution in [1.82, 2.24) is 30.4 Å². The molecule has 1 aromatic heterocycles. The highest BCUT2D eigenvalue weighted by atomic mass is 79.9. The van der Waals surface area contributed by atoms with E-state index in [1.807, 2.05) is 36.0 Å². The molecule has 1 N–H and O–H groups in total. The molecule has 0 aliphatic carbocycles. The maximum Gasteiger partial charge on any atom is 0.170 e. The van der Waals surface area contributed by atoms with Crippen LogP contribution in [0.25, 0.3) is 5.69 Å². The molecule has 2 heterocycles.